The average molecular weight is 231 g/mol. The predicted molar refractivity (Wildman–Crippen MR) is 71.4 cm³/mol. The third kappa shape index (κ3) is 7.24. The molecule has 0 spiro atoms. The van der Waals surface area contributed by atoms with Crippen LogP contribution in [0, 0.1) is 0 Å². The quantitative estimate of drug-likeness (QED) is 0.650. The molecule has 0 fully saturated rings. The van der Waals surface area contributed by atoms with Gasteiger partial charge in [0.05, 0.1) is 18.6 Å². The maximum atomic E-state index is 2.44. The van der Waals surface area contributed by atoms with E-state index in [4.69, 9.17) is 0 Å². The van der Waals surface area contributed by atoms with Crippen molar-refractivity contribution in [1.82, 2.24) is 0 Å². The Bertz CT molecular complexity index is 138. The van der Waals surface area contributed by atoms with Crippen LogP contribution in [0.25, 0.3) is 0 Å². The summed E-state index contributed by atoms with van der Waals surface area (Å²) >= 11 is 0. The lowest BCUT2D eigenvalue weighted by atomic mass is 9.95. The molecule has 0 amide bonds. The standard InChI is InChI=1S/C14H31N.H2O/c1-6-9-12-15(13-10-7-2)14(4,5)11-8-3;/h6-13H2,1-5H3;1H2. The molecule has 0 heterocycles. The molecule has 0 unspecified atom stereocenters. The summed E-state index contributed by atoms with van der Waals surface area (Å²) in [6.45, 7) is 14.5. The van der Waals surface area contributed by atoms with Crippen LogP contribution in [0.1, 0.15) is 73.1 Å². The molecule has 0 radical (unpaired) electrons. The first kappa shape index (κ1) is 18.3. The second-order valence-electron chi connectivity index (χ2n) is 5.44. The lowest BCUT2D eigenvalue weighted by Crippen LogP contribution is -3.19. The van der Waals surface area contributed by atoms with Gasteiger partial charge in [0.1, 0.15) is 0 Å². The molecular weight excluding hydrogens is 198 g/mol. The van der Waals surface area contributed by atoms with Crippen LogP contribution in [0.5, 0.6) is 0 Å². The Morgan fingerprint density at radius 2 is 1.25 bits per heavy atom. The number of hydrogen-bond acceptors (Lipinski definition) is 1. The topological polar surface area (TPSA) is 34.4 Å². The van der Waals surface area contributed by atoms with Crippen molar-refractivity contribution in [3.63, 3.8) is 0 Å². The molecular formula is C14H33NO. The van der Waals surface area contributed by atoms with E-state index in [0.717, 1.165) is 0 Å². The molecule has 0 aromatic heterocycles. The van der Waals surface area contributed by atoms with Crippen molar-refractivity contribution in [1.29, 1.82) is 0 Å². The number of quaternary nitrogens is 1. The van der Waals surface area contributed by atoms with Crippen molar-refractivity contribution < 1.29 is 10.4 Å². The number of rotatable bonds is 9. The molecule has 0 aliphatic carbocycles. The first-order valence-corrected chi connectivity index (χ1v) is 6.93. The van der Waals surface area contributed by atoms with Gasteiger partial charge in [-0.1, -0.05) is 40.0 Å². The average Bonchev–Trinajstić information content (AvgIpc) is 2.17. The van der Waals surface area contributed by atoms with Crippen LogP contribution in [0.3, 0.4) is 0 Å². The smallest absolute Gasteiger partial charge is 0.0919 e. The molecule has 0 rings (SSSR count). The summed E-state index contributed by atoms with van der Waals surface area (Å²) in [6.07, 6.45) is 8.10. The van der Waals surface area contributed by atoms with Crippen LogP contribution in [-0.2, 0) is 0 Å². The molecule has 0 aliphatic rings. The SMILES string of the molecule is CCCC[NH+](CCCC)C(C)(C)CCC.[OH-]. The molecule has 100 valence electrons. The summed E-state index contributed by atoms with van der Waals surface area (Å²) in [6, 6.07) is 0. The molecule has 16 heavy (non-hydrogen) atoms. The fourth-order valence-corrected chi connectivity index (χ4v) is 2.38. The lowest BCUT2D eigenvalue weighted by molar-refractivity contribution is -0.949. The maximum absolute atomic E-state index is 2.44. The highest BCUT2D eigenvalue weighted by molar-refractivity contribution is 4.65. The summed E-state index contributed by atoms with van der Waals surface area (Å²) in [5, 5.41) is 0. The van der Waals surface area contributed by atoms with E-state index in [-0.39, 0.29) is 5.48 Å². The minimum absolute atomic E-state index is 0. The van der Waals surface area contributed by atoms with Crippen LogP contribution >= 0.6 is 0 Å². The van der Waals surface area contributed by atoms with Gasteiger partial charge >= 0.3 is 0 Å². The van der Waals surface area contributed by atoms with Crippen molar-refractivity contribution in [2.75, 3.05) is 13.1 Å². The molecule has 0 aromatic rings. The van der Waals surface area contributed by atoms with E-state index in [9.17, 15) is 0 Å². The Morgan fingerprint density at radius 3 is 1.56 bits per heavy atom. The molecule has 2 N–H and O–H groups in total. The second-order valence-corrected chi connectivity index (χ2v) is 5.44. The van der Waals surface area contributed by atoms with Gasteiger partial charge in [-0.2, -0.15) is 0 Å². The fourth-order valence-electron chi connectivity index (χ4n) is 2.38. The van der Waals surface area contributed by atoms with Crippen LogP contribution < -0.4 is 4.90 Å². The van der Waals surface area contributed by atoms with E-state index in [2.05, 4.69) is 34.6 Å². The molecule has 0 aromatic carbocycles. The van der Waals surface area contributed by atoms with E-state index in [1.54, 1.807) is 0 Å². The highest BCUT2D eigenvalue weighted by Crippen LogP contribution is 2.07. The predicted octanol–water partition coefficient (Wildman–Crippen LogP) is 2.87. The Balaban J connectivity index is 0. The van der Waals surface area contributed by atoms with Gasteiger partial charge in [0.25, 0.3) is 0 Å². The van der Waals surface area contributed by atoms with Gasteiger partial charge in [0, 0.05) is 6.42 Å². The number of hydrogen-bond donors (Lipinski definition) is 1. The third-order valence-corrected chi connectivity index (χ3v) is 3.50. The van der Waals surface area contributed by atoms with Crippen LogP contribution in [0.2, 0.25) is 0 Å². The van der Waals surface area contributed by atoms with Crippen molar-refractivity contribution in [3.8, 4) is 0 Å². The van der Waals surface area contributed by atoms with Crippen molar-refractivity contribution in [2.45, 2.75) is 78.7 Å². The van der Waals surface area contributed by atoms with Gasteiger partial charge in [-0.05, 0) is 26.7 Å². The Morgan fingerprint density at radius 1 is 0.812 bits per heavy atom. The lowest BCUT2D eigenvalue weighted by Gasteiger charge is -2.35. The van der Waals surface area contributed by atoms with Crippen molar-refractivity contribution >= 4 is 0 Å². The van der Waals surface area contributed by atoms with E-state index in [1.165, 1.54) is 51.6 Å². The highest BCUT2D eigenvalue weighted by Gasteiger charge is 2.28. The van der Waals surface area contributed by atoms with Crippen LogP contribution in [0.15, 0.2) is 0 Å². The summed E-state index contributed by atoms with van der Waals surface area (Å²) in [5.74, 6) is 0. The number of unbranched alkanes of at least 4 members (excludes halogenated alkanes) is 2. The molecule has 0 atom stereocenters. The minimum atomic E-state index is 0. The summed E-state index contributed by atoms with van der Waals surface area (Å²) < 4.78 is 0. The molecule has 0 aliphatic heterocycles. The Labute approximate surface area is 103 Å². The van der Waals surface area contributed by atoms with E-state index in [0.29, 0.717) is 5.54 Å². The van der Waals surface area contributed by atoms with E-state index >= 15 is 0 Å². The van der Waals surface area contributed by atoms with Gasteiger partial charge in [0.15, 0.2) is 0 Å². The van der Waals surface area contributed by atoms with Crippen LogP contribution in [0.4, 0.5) is 0 Å². The van der Waals surface area contributed by atoms with Gasteiger partial charge in [-0.15, -0.1) is 0 Å². The van der Waals surface area contributed by atoms with Gasteiger partial charge in [-0.3, -0.25) is 0 Å². The molecule has 0 bridgehead atoms. The maximum Gasteiger partial charge on any atom is 0.0919 e. The van der Waals surface area contributed by atoms with E-state index < -0.39 is 0 Å². The van der Waals surface area contributed by atoms with Gasteiger partial charge in [-0.25, -0.2) is 0 Å². The molecule has 0 saturated heterocycles. The monoisotopic (exact) mass is 231 g/mol. The zero-order chi connectivity index (χ0) is 11.7. The first-order chi connectivity index (χ1) is 7.08. The molecule has 0 saturated carbocycles. The molecule has 2 heteroatoms. The van der Waals surface area contributed by atoms with Crippen molar-refractivity contribution in [3.05, 3.63) is 0 Å². The summed E-state index contributed by atoms with van der Waals surface area (Å²) in [7, 11) is 0. The highest BCUT2D eigenvalue weighted by atomic mass is 16.0. The minimum Gasteiger partial charge on any atom is -0.870 e. The summed E-state index contributed by atoms with van der Waals surface area (Å²) in [4.78, 5) is 1.83. The van der Waals surface area contributed by atoms with Gasteiger partial charge < -0.3 is 10.4 Å². The number of nitrogens with one attached hydrogen (secondary N) is 1. The normalized spacial score (nSPS) is 11.6. The Hall–Kier alpha value is -0.0800. The Kier molecular flexibility index (Phi) is 11.5. The second kappa shape index (κ2) is 10.1. The largest absolute Gasteiger partial charge is 0.870 e. The zero-order valence-corrected chi connectivity index (χ0v) is 12.1. The van der Waals surface area contributed by atoms with Crippen molar-refractivity contribution in [2.24, 2.45) is 0 Å². The van der Waals surface area contributed by atoms with Crippen LogP contribution in [-0.4, -0.2) is 24.1 Å². The van der Waals surface area contributed by atoms with Gasteiger partial charge in [0.2, 0.25) is 0 Å². The van der Waals surface area contributed by atoms with E-state index in [1.807, 2.05) is 4.90 Å². The fraction of sp³-hybridized carbons (Fsp3) is 1.00. The first-order valence-electron chi connectivity index (χ1n) is 6.93. The third-order valence-electron chi connectivity index (χ3n) is 3.50. The zero-order valence-electron chi connectivity index (χ0n) is 12.1. The molecule has 2 nitrogen and oxygen atoms in total. The summed E-state index contributed by atoms with van der Waals surface area (Å²) in [5.41, 5.74) is 0.485.